The van der Waals surface area contributed by atoms with Crippen LogP contribution in [0.4, 0.5) is 4.39 Å². The number of rotatable bonds is 1. The number of benzene rings is 1. The molecule has 1 aromatic heterocycles. The third-order valence-electron chi connectivity index (χ3n) is 3.50. The SMILES string of the molecule is NC1CCCCC1c1nc2cc(F)ccc2o1. The van der Waals surface area contributed by atoms with Gasteiger partial charge in [0.1, 0.15) is 11.3 Å². The maximum atomic E-state index is 13.1. The van der Waals surface area contributed by atoms with E-state index in [4.69, 9.17) is 10.2 Å². The minimum atomic E-state index is -0.287. The number of hydrogen-bond donors (Lipinski definition) is 1. The molecule has 3 rings (SSSR count). The summed E-state index contributed by atoms with van der Waals surface area (Å²) in [7, 11) is 0. The van der Waals surface area contributed by atoms with Gasteiger partial charge in [-0.15, -0.1) is 0 Å². The summed E-state index contributed by atoms with van der Waals surface area (Å²) in [5, 5.41) is 0. The summed E-state index contributed by atoms with van der Waals surface area (Å²) in [6.45, 7) is 0. The highest BCUT2D eigenvalue weighted by atomic mass is 19.1. The van der Waals surface area contributed by atoms with E-state index in [-0.39, 0.29) is 17.8 Å². The summed E-state index contributed by atoms with van der Waals surface area (Å²) in [6.07, 6.45) is 4.35. The predicted molar refractivity (Wildman–Crippen MR) is 63.2 cm³/mol. The van der Waals surface area contributed by atoms with Gasteiger partial charge >= 0.3 is 0 Å². The fourth-order valence-corrected chi connectivity index (χ4v) is 2.54. The van der Waals surface area contributed by atoms with Gasteiger partial charge in [0.25, 0.3) is 0 Å². The van der Waals surface area contributed by atoms with Crippen molar-refractivity contribution in [2.75, 3.05) is 0 Å². The minimum absolute atomic E-state index is 0.113. The van der Waals surface area contributed by atoms with Crippen LogP contribution in [-0.2, 0) is 0 Å². The molecular formula is C13H15FN2O. The first-order valence-corrected chi connectivity index (χ1v) is 6.05. The van der Waals surface area contributed by atoms with E-state index in [1.165, 1.54) is 18.6 Å². The number of nitrogens with zero attached hydrogens (tertiary/aromatic N) is 1. The van der Waals surface area contributed by atoms with Crippen LogP contribution in [0.25, 0.3) is 11.1 Å². The van der Waals surface area contributed by atoms with Crippen LogP contribution < -0.4 is 5.73 Å². The average Bonchev–Trinajstić information content (AvgIpc) is 2.72. The molecule has 2 aromatic rings. The second-order valence-corrected chi connectivity index (χ2v) is 4.72. The lowest BCUT2D eigenvalue weighted by Crippen LogP contribution is -2.31. The number of hydrogen-bond acceptors (Lipinski definition) is 3. The van der Waals surface area contributed by atoms with E-state index in [9.17, 15) is 4.39 Å². The van der Waals surface area contributed by atoms with Crippen LogP contribution in [0, 0.1) is 5.82 Å². The number of aromatic nitrogens is 1. The Morgan fingerprint density at radius 1 is 1.29 bits per heavy atom. The number of halogens is 1. The molecule has 4 heteroatoms. The van der Waals surface area contributed by atoms with Crippen molar-refractivity contribution in [1.82, 2.24) is 4.98 Å². The molecule has 0 aliphatic heterocycles. The van der Waals surface area contributed by atoms with E-state index in [1.807, 2.05) is 0 Å². The lowest BCUT2D eigenvalue weighted by Gasteiger charge is -2.25. The smallest absolute Gasteiger partial charge is 0.200 e. The Balaban J connectivity index is 1.99. The molecule has 2 unspecified atom stereocenters. The Labute approximate surface area is 98.8 Å². The van der Waals surface area contributed by atoms with Gasteiger partial charge in [-0.2, -0.15) is 0 Å². The monoisotopic (exact) mass is 234 g/mol. The van der Waals surface area contributed by atoms with Gasteiger partial charge in [-0.05, 0) is 25.0 Å². The lowest BCUT2D eigenvalue weighted by atomic mass is 9.85. The molecule has 0 amide bonds. The molecule has 1 heterocycles. The zero-order valence-electron chi connectivity index (χ0n) is 9.53. The molecule has 2 atom stereocenters. The van der Waals surface area contributed by atoms with E-state index in [1.54, 1.807) is 6.07 Å². The second kappa shape index (κ2) is 4.11. The van der Waals surface area contributed by atoms with Gasteiger partial charge in [-0.1, -0.05) is 12.8 Å². The number of nitrogens with two attached hydrogens (primary N) is 1. The Morgan fingerprint density at radius 2 is 2.12 bits per heavy atom. The molecule has 1 saturated carbocycles. The summed E-state index contributed by atoms with van der Waals surface area (Å²) in [4.78, 5) is 4.36. The Hall–Kier alpha value is -1.42. The molecule has 2 N–H and O–H groups in total. The van der Waals surface area contributed by atoms with Crippen LogP contribution in [0.2, 0.25) is 0 Å². The molecule has 1 aliphatic rings. The van der Waals surface area contributed by atoms with Crippen molar-refractivity contribution in [3.8, 4) is 0 Å². The molecule has 1 aliphatic carbocycles. The summed E-state index contributed by atoms with van der Waals surface area (Å²) >= 11 is 0. The van der Waals surface area contributed by atoms with Crippen molar-refractivity contribution >= 4 is 11.1 Å². The van der Waals surface area contributed by atoms with Gasteiger partial charge in [-0.25, -0.2) is 9.37 Å². The number of oxazole rings is 1. The zero-order valence-corrected chi connectivity index (χ0v) is 9.53. The van der Waals surface area contributed by atoms with Crippen LogP contribution in [0.1, 0.15) is 37.5 Å². The van der Waals surface area contributed by atoms with E-state index < -0.39 is 0 Å². The Morgan fingerprint density at radius 3 is 2.94 bits per heavy atom. The first-order chi connectivity index (χ1) is 8.24. The van der Waals surface area contributed by atoms with Crippen molar-refractivity contribution in [3.63, 3.8) is 0 Å². The summed E-state index contributed by atoms with van der Waals surface area (Å²) < 4.78 is 18.7. The highest BCUT2D eigenvalue weighted by molar-refractivity contribution is 5.72. The molecule has 3 nitrogen and oxygen atoms in total. The van der Waals surface area contributed by atoms with Gasteiger partial charge in [0.05, 0.1) is 5.92 Å². The fourth-order valence-electron chi connectivity index (χ4n) is 2.54. The minimum Gasteiger partial charge on any atom is -0.440 e. The Kier molecular flexibility index (Phi) is 2.59. The normalized spacial score (nSPS) is 25.3. The van der Waals surface area contributed by atoms with Crippen molar-refractivity contribution in [3.05, 3.63) is 29.9 Å². The van der Waals surface area contributed by atoms with E-state index in [2.05, 4.69) is 4.98 Å². The molecule has 17 heavy (non-hydrogen) atoms. The summed E-state index contributed by atoms with van der Waals surface area (Å²) in [5.74, 6) is 0.558. The third-order valence-corrected chi connectivity index (χ3v) is 3.50. The summed E-state index contributed by atoms with van der Waals surface area (Å²) in [5.41, 5.74) is 7.31. The largest absolute Gasteiger partial charge is 0.440 e. The van der Waals surface area contributed by atoms with Crippen LogP contribution >= 0.6 is 0 Å². The summed E-state index contributed by atoms with van der Waals surface area (Å²) in [6, 6.07) is 4.52. The van der Waals surface area contributed by atoms with Crippen molar-refractivity contribution in [2.45, 2.75) is 37.6 Å². The molecule has 1 aromatic carbocycles. The van der Waals surface area contributed by atoms with Crippen molar-refractivity contribution < 1.29 is 8.81 Å². The lowest BCUT2D eigenvalue weighted by molar-refractivity contribution is 0.332. The fraction of sp³-hybridized carbons (Fsp3) is 0.462. The van der Waals surface area contributed by atoms with Crippen molar-refractivity contribution in [2.24, 2.45) is 5.73 Å². The number of fused-ring (bicyclic) bond motifs is 1. The van der Waals surface area contributed by atoms with E-state index in [0.29, 0.717) is 17.0 Å². The highest BCUT2D eigenvalue weighted by Crippen LogP contribution is 2.33. The van der Waals surface area contributed by atoms with Gasteiger partial charge in [0.2, 0.25) is 0 Å². The molecular weight excluding hydrogens is 219 g/mol. The van der Waals surface area contributed by atoms with Gasteiger partial charge in [0.15, 0.2) is 11.5 Å². The van der Waals surface area contributed by atoms with Crippen LogP contribution in [0.15, 0.2) is 22.6 Å². The molecule has 90 valence electrons. The van der Waals surface area contributed by atoms with Crippen molar-refractivity contribution in [1.29, 1.82) is 0 Å². The molecule has 1 fully saturated rings. The standard InChI is InChI=1S/C13H15FN2O/c14-8-5-6-12-11(7-8)16-13(17-12)9-3-1-2-4-10(9)15/h5-7,9-10H,1-4,15H2. The first kappa shape index (κ1) is 10.7. The molecule has 0 bridgehead atoms. The highest BCUT2D eigenvalue weighted by Gasteiger charge is 2.27. The van der Waals surface area contributed by atoms with Crippen LogP contribution in [-0.4, -0.2) is 11.0 Å². The second-order valence-electron chi connectivity index (χ2n) is 4.72. The maximum absolute atomic E-state index is 13.1. The van der Waals surface area contributed by atoms with Gasteiger partial charge in [-0.3, -0.25) is 0 Å². The molecule has 0 saturated heterocycles. The van der Waals surface area contributed by atoms with Gasteiger partial charge in [0, 0.05) is 12.1 Å². The topological polar surface area (TPSA) is 52.0 Å². The third kappa shape index (κ3) is 1.93. The molecule has 0 radical (unpaired) electrons. The average molecular weight is 234 g/mol. The maximum Gasteiger partial charge on any atom is 0.200 e. The van der Waals surface area contributed by atoms with E-state index in [0.717, 1.165) is 19.3 Å². The predicted octanol–water partition coefficient (Wildman–Crippen LogP) is 2.95. The van der Waals surface area contributed by atoms with Crippen LogP contribution in [0.3, 0.4) is 0 Å². The Bertz CT molecular complexity index is 537. The van der Waals surface area contributed by atoms with Crippen LogP contribution in [0.5, 0.6) is 0 Å². The quantitative estimate of drug-likeness (QED) is 0.825. The zero-order chi connectivity index (χ0) is 11.8. The molecule has 0 spiro atoms. The van der Waals surface area contributed by atoms with E-state index >= 15 is 0 Å². The van der Waals surface area contributed by atoms with Gasteiger partial charge < -0.3 is 10.2 Å². The first-order valence-electron chi connectivity index (χ1n) is 6.05.